The standard InChI is InChI=1S/C14H22O2Si2/c1-17(2,3)16-14(15)12-6-8-13(9-7-12)18(4)10-5-11-18/h6-9H,5,10-11H2,1-4H3. The highest BCUT2D eigenvalue weighted by molar-refractivity contribution is 6.92. The Morgan fingerprint density at radius 1 is 1.17 bits per heavy atom. The summed E-state index contributed by atoms with van der Waals surface area (Å²) in [6.45, 7) is 8.52. The minimum Gasteiger partial charge on any atom is -0.516 e. The molecule has 0 spiro atoms. The van der Waals surface area contributed by atoms with E-state index in [-0.39, 0.29) is 5.97 Å². The van der Waals surface area contributed by atoms with Gasteiger partial charge in [0.05, 0.1) is 13.6 Å². The zero-order chi connectivity index (χ0) is 13.4. The third-order valence-corrected chi connectivity index (χ3v) is 9.11. The first kappa shape index (κ1) is 13.6. The topological polar surface area (TPSA) is 26.3 Å². The van der Waals surface area contributed by atoms with Crippen LogP contribution < -0.4 is 5.19 Å². The van der Waals surface area contributed by atoms with Crippen LogP contribution in [0.15, 0.2) is 24.3 Å². The van der Waals surface area contributed by atoms with Crippen LogP contribution >= 0.6 is 0 Å². The molecule has 0 bridgehead atoms. The van der Waals surface area contributed by atoms with Crippen molar-refractivity contribution in [3.8, 4) is 0 Å². The average Bonchev–Trinajstić information content (AvgIpc) is 2.24. The van der Waals surface area contributed by atoms with Gasteiger partial charge in [0, 0.05) is 0 Å². The third-order valence-electron chi connectivity index (χ3n) is 3.67. The Bertz CT molecular complexity index is 442. The molecule has 0 aliphatic carbocycles. The first-order chi connectivity index (χ1) is 8.30. The molecule has 2 rings (SSSR count). The smallest absolute Gasteiger partial charge is 0.324 e. The van der Waals surface area contributed by atoms with E-state index >= 15 is 0 Å². The molecule has 2 nitrogen and oxygen atoms in total. The van der Waals surface area contributed by atoms with E-state index in [0.717, 1.165) is 0 Å². The molecule has 1 fully saturated rings. The van der Waals surface area contributed by atoms with Crippen molar-refractivity contribution < 1.29 is 9.22 Å². The van der Waals surface area contributed by atoms with Crippen molar-refractivity contribution in [2.45, 2.75) is 44.7 Å². The molecule has 4 heteroatoms. The molecule has 0 N–H and O–H groups in total. The van der Waals surface area contributed by atoms with Crippen molar-refractivity contribution in [1.82, 2.24) is 0 Å². The van der Waals surface area contributed by atoms with Gasteiger partial charge in [0.15, 0.2) is 0 Å². The summed E-state index contributed by atoms with van der Waals surface area (Å²) in [7, 11) is -2.91. The molecule has 1 aliphatic heterocycles. The van der Waals surface area contributed by atoms with Crippen molar-refractivity contribution in [3.63, 3.8) is 0 Å². The number of rotatable bonds is 3. The molecular weight excluding hydrogens is 256 g/mol. The minimum atomic E-state index is -1.79. The van der Waals surface area contributed by atoms with Crippen molar-refractivity contribution in [2.75, 3.05) is 0 Å². The van der Waals surface area contributed by atoms with E-state index in [1.165, 1.54) is 23.7 Å². The van der Waals surface area contributed by atoms with Crippen LogP contribution in [0.25, 0.3) is 0 Å². The molecule has 0 amide bonds. The van der Waals surface area contributed by atoms with Crippen LogP contribution in [0.4, 0.5) is 0 Å². The highest BCUT2D eigenvalue weighted by Gasteiger charge is 2.35. The SMILES string of the molecule is C[Si](C)(C)OC(=O)c1ccc([Si]2(C)CCC2)cc1. The van der Waals surface area contributed by atoms with Crippen LogP contribution in [0.3, 0.4) is 0 Å². The highest BCUT2D eigenvalue weighted by Crippen LogP contribution is 2.31. The molecule has 18 heavy (non-hydrogen) atoms. The van der Waals surface area contributed by atoms with Gasteiger partial charge in [-0.05, 0) is 31.8 Å². The van der Waals surface area contributed by atoms with Crippen LogP contribution in [0.1, 0.15) is 16.8 Å². The summed E-state index contributed by atoms with van der Waals surface area (Å²) in [5.74, 6) is -0.166. The lowest BCUT2D eigenvalue weighted by Gasteiger charge is -2.36. The van der Waals surface area contributed by atoms with Gasteiger partial charge in [-0.25, -0.2) is 4.79 Å². The maximum absolute atomic E-state index is 11.9. The Hall–Kier alpha value is -0.876. The molecule has 1 aromatic rings. The van der Waals surface area contributed by atoms with E-state index in [4.69, 9.17) is 4.43 Å². The summed E-state index contributed by atoms with van der Waals surface area (Å²) in [6.07, 6.45) is 1.38. The number of hydrogen-bond acceptors (Lipinski definition) is 2. The summed E-state index contributed by atoms with van der Waals surface area (Å²) < 4.78 is 5.50. The predicted octanol–water partition coefficient (Wildman–Crippen LogP) is 3.37. The van der Waals surface area contributed by atoms with E-state index in [1.807, 2.05) is 31.8 Å². The van der Waals surface area contributed by atoms with Crippen molar-refractivity contribution in [1.29, 1.82) is 0 Å². The summed E-state index contributed by atoms with van der Waals surface area (Å²) in [4.78, 5) is 11.9. The maximum Gasteiger partial charge on any atom is 0.324 e. The summed E-state index contributed by atoms with van der Waals surface area (Å²) >= 11 is 0. The zero-order valence-corrected chi connectivity index (χ0v) is 13.7. The predicted molar refractivity (Wildman–Crippen MR) is 80.7 cm³/mol. The molecule has 0 saturated carbocycles. The second-order valence-electron chi connectivity index (χ2n) is 6.49. The van der Waals surface area contributed by atoms with Crippen molar-refractivity contribution in [2.24, 2.45) is 0 Å². The normalized spacial score (nSPS) is 18.0. The molecule has 0 unspecified atom stereocenters. The average molecular weight is 278 g/mol. The maximum atomic E-state index is 11.9. The quantitative estimate of drug-likeness (QED) is 0.793. The van der Waals surface area contributed by atoms with Crippen LogP contribution in [0.2, 0.25) is 38.3 Å². The zero-order valence-electron chi connectivity index (χ0n) is 11.7. The molecule has 1 aliphatic rings. The van der Waals surface area contributed by atoms with Gasteiger partial charge in [-0.1, -0.05) is 42.4 Å². The Labute approximate surface area is 112 Å². The monoisotopic (exact) mass is 278 g/mol. The van der Waals surface area contributed by atoms with Crippen LogP contribution in [0.5, 0.6) is 0 Å². The molecule has 0 atom stereocenters. The number of carbonyl (C=O) groups is 1. The van der Waals surface area contributed by atoms with E-state index in [1.54, 1.807) is 0 Å². The molecular formula is C14H22O2Si2. The Kier molecular flexibility index (Phi) is 3.51. The summed E-state index contributed by atoms with van der Waals surface area (Å²) in [5.41, 5.74) is 0.693. The molecule has 1 heterocycles. The van der Waals surface area contributed by atoms with Gasteiger partial charge < -0.3 is 4.43 Å². The third kappa shape index (κ3) is 2.92. The van der Waals surface area contributed by atoms with Gasteiger partial charge >= 0.3 is 5.97 Å². The first-order valence-corrected chi connectivity index (χ1v) is 13.0. The first-order valence-electron chi connectivity index (χ1n) is 6.64. The van der Waals surface area contributed by atoms with Crippen LogP contribution in [-0.2, 0) is 4.43 Å². The molecule has 0 radical (unpaired) electrons. The summed E-state index contributed by atoms with van der Waals surface area (Å²) in [6, 6.07) is 11.0. The van der Waals surface area contributed by atoms with E-state index < -0.39 is 16.4 Å². The Balaban J connectivity index is 2.10. The van der Waals surface area contributed by atoms with Gasteiger partial charge in [-0.3, -0.25) is 0 Å². The van der Waals surface area contributed by atoms with Crippen LogP contribution in [0, 0.1) is 0 Å². The van der Waals surface area contributed by atoms with Crippen molar-refractivity contribution in [3.05, 3.63) is 29.8 Å². The van der Waals surface area contributed by atoms with Gasteiger partial charge in [0.2, 0.25) is 8.32 Å². The van der Waals surface area contributed by atoms with E-state index in [9.17, 15) is 4.79 Å². The minimum absolute atomic E-state index is 0.166. The Morgan fingerprint density at radius 3 is 2.11 bits per heavy atom. The molecule has 1 aromatic carbocycles. The molecule has 98 valence electrons. The van der Waals surface area contributed by atoms with E-state index in [2.05, 4.69) is 18.7 Å². The number of carbonyl (C=O) groups excluding carboxylic acids is 1. The fraction of sp³-hybridized carbons (Fsp3) is 0.500. The lowest BCUT2D eigenvalue weighted by Crippen LogP contribution is -2.50. The fourth-order valence-corrected chi connectivity index (χ4v) is 5.98. The van der Waals surface area contributed by atoms with Gasteiger partial charge in [-0.15, -0.1) is 0 Å². The molecule has 1 saturated heterocycles. The van der Waals surface area contributed by atoms with Gasteiger partial charge in [-0.2, -0.15) is 0 Å². The van der Waals surface area contributed by atoms with Gasteiger partial charge in [0.1, 0.15) is 0 Å². The number of hydrogen-bond donors (Lipinski definition) is 0. The second-order valence-corrected chi connectivity index (χ2v) is 15.6. The summed E-state index contributed by atoms with van der Waals surface area (Å²) in [5, 5.41) is 1.48. The highest BCUT2D eigenvalue weighted by atomic mass is 28.4. The van der Waals surface area contributed by atoms with Crippen molar-refractivity contribution >= 4 is 27.5 Å². The Morgan fingerprint density at radius 2 is 1.72 bits per heavy atom. The number of benzene rings is 1. The lowest BCUT2D eigenvalue weighted by atomic mass is 10.2. The largest absolute Gasteiger partial charge is 0.516 e. The fourth-order valence-electron chi connectivity index (χ4n) is 2.34. The van der Waals surface area contributed by atoms with E-state index in [0.29, 0.717) is 5.56 Å². The molecule has 0 aromatic heterocycles. The van der Waals surface area contributed by atoms with Crippen LogP contribution in [-0.4, -0.2) is 22.4 Å². The second kappa shape index (κ2) is 4.66. The van der Waals surface area contributed by atoms with Gasteiger partial charge in [0.25, 0.3) is 0 Å². The lowest BCUT2D eigenvalue weighted by molar-refractivity contribution is 0.0724.